The van der Waals surface area contributed by atoms with Crippen LogP contribution in [0.15, 0.2) is 60.8 Å². The van der Waals surface area contributed by atoms with Crippen LogP contribution in [0.25, 0.3) is 11.1 Å². The largest absolute Gasteiger partial charge is 0.481 e. The summed E-state index contributed by atoms with van der Waals surface area (Å²) in [7, 11) is 0. The molecule has 8 N–H and O–H groups in total. The lowest BCUT2D eigenvalue weighted by molar-refractivity contribution is -0.140. The van der Waals surface area contributed by atoms with Crippen molar-refractivity contribution in [3.63, 3.8) is 0 Å². The van der Waals surface area contributed by atoms with Gasteiger partial charge in [0.1, 0.15) is 35.8 Å². The van der Waals surface area contributed by atoms with Crippen LogP contribution in [-0.4, -0.2) is 103 Å². The molecule has 0 spiro atoms. The molecule has 2 aromatic carbocycles. The lowest BCUT2D eigenvalue weighted by Gasteiger charge is -2.41. The molecular formula is C41H53F2N5O9S. The van der Waals surface area contributed by atoms with E-state index in [-0.39, 0.29) is 62.3 Å². The van der Waals surface area contributed by atoms with Crippen molar-refractivity contribution in [1.29, 1.82) is 0 Å². The van der Waals surface area contributed by atoms with Crippen LogP contribution in [0.4, 0.5) is 8.78 Å². The van der Waals surface area contributed by atoms with Gasteiger partial charge in [0.05, 0.1) is 23.8 Å². The molecular weight excluding hydrogens is 777 g/mol. The third-order valence-corrected chi connectivity index (χ3v) is 10.7. The first-order valence-electron chi connectivity index (χ1n) is 18.8. The average Bonchev–Trinajstić information content (AvgIpc) is 3.57. The number of amides is 2. The SMILES string of the molecule is CC(C)(C)[C@H](c1cc(-c2cc(F)ccc2F)cn1Cc1ccccc1)N(CC[C@H](N)C(=O)NCCCC(=O)CCC(=O)C(CC(=O)O)SC[C@H](N)C(=O)O)C(=O)CO. The molecule has 14 nitrogen and oxygen atoms in total. The summed E-state index contributed by atoms with van der Waals surface area (Å²) in [4.78, 5) is 75.2. The number of carbonyl (C=O) groups excluding carboxylic acids is 4. The molecule has 4 atom stereocenters. The second-order valence-corrected chi connectivity index (χ2v) is 16.3. The summed E-state index contributed by atoms with van der Waals surface area (Å²) in [5, 5.41) is 29.8. The number of halogens is 2. The topological polar surface area (TPSA) is 235 Å². The van der Waals surface area contributed by atoms with E-state index in [9.17, 15) is 38.3 Å². The van der Waals surface area contributed by atoms with Crippen LogP contribution in [0.2, 0.25) is 0 Å². The Balaban J connectivity index is 1.67. The van der Waals surface area contributed by atoms with Gasteiger partial charge in [-0.05, 0) is 48.1 Å². The molecule has 0 bridgehead atoms. The number of aliphatic hydroxyl groups excluding tert-OH is 1. The minimum absolute atomic E-state index is 0.0111. The minimum Gasteiger partial charge on any atom is -0.481 e. The number of hydrogen-bond acceptors (Lipinski definition) is 10. The first-order chi connectivity index (χ1) is 27.3. The Morgan fingerprint density at radius 1 is 0.931 bits per heavy atom. The van der Waals surface area contributed by atoms with Gasteiger partial charge in [0.15, 0.2) is 0 Å². The standard InChI is InChI=1S/C41H53F2N5O9S/c1-41(2,3)38(33-18-26(29-19-27(42)11-13-30(29)43)22-47(33)21-25-8-5-4-6-9-25)48(36(52)23-49)17-15-31(44)39(55)46-16-7-10-28(50)12-14-34(51)35(20-37(53)54)58-24-32(45)40(56)57/h4-6,8-9,11,13,18-19,22,31-32,35,38,49H,7,10,12,14-17,20-21,23-24,44-45H2,1-3H3,(H,46,55)(H,53,54)(H,56,57)/t31-,32-,35?,38-/m0/s1. The van der Waals surface area contributed by atoms with E-state index in [0.717, 1.165) is 35.5 Å². The van der Waals surface area contributed by atoms with Gasteiger partial charge in [0.25, 0.3) is 0 Å². The summed E-state index contributed by atoms with van der Waals surface area (Å²) in [6.07, 6.45) is 0.980. The van der Waals surface area contributed by atoms with Gasteiger partial charge in [0, 0.05) is 67.7 Å². The molecule has 316 valence electrons. The number of nitrogens with two attached hydrogens (primary N) is 2. The molecule has 0 saturated carbocycles. The highest BCUT2D eigenvalue weighted by Gasteiger charge is 2.37. The van der Waals surface area contributed by atoms with E-state index in [4.69, 9.17) is 21.7 Å². The van der Waals surface area contributed by atoms with Crippen molar-refractivity contribution in [3.05, 3.63) is 83.7 Å². The third-order valence-electron chi connectivity index (χ3n) is 9.35. The van der Waals surface area contributed by atoms with Gasteiger partial charge < -0.3 is 41.6 Å². The van der Waals surface area contributed by atoms with Crippen LogP contribution in [0.1, 0.15) is 76.6 Å². The molecule has 1 unspecified atom stereocenters. The smallest absolute Gasteiger partial charge is 0.321 e. The second kappa shape index (κ2) is 22.3. The Bertz CT molecular complexity index is 1900. The molecule has 0 aliphatic rings. The van der Waals surface area contributed by atoms with E-state index < -0.39 is 83.0 Å². The van der Waals surface area contributed by atoms with Crippen LogP contribution >= 0.6 is 11.8 Å². The van der Waals surface area contributed by atoms with E-state index in [1.165, 1.54) is 4.90 Å². The van der Waals surface area contributed by atoms with E-state index in [0.29, 0.717) is 17.8 Å². The number of aliphatic hydroxyl groups is 1. The molecule has 3 rings (SSSR count). The minimum atomic E-state index is -1.29. The van der Waals surface area contributed by atoms with Crippen LogP contribution in [-0.2, 0) is 35.3 Å². The summed E-state index contributed by atoms with van der Waals surface area (Å²) in [6.45, 7) is 5.21. The molecule has 58 heavy (non-hydrogen) atoms. The molecule has 0 aliphatic carbocycles. The van der Waals surface area contributed by atoms with Crippen molar-refractivity contribution in [2.24, 2.45) is 16.9 Å². The number of thioether (sulfide) groups is 1. The van der Waals surface area contributed by atoms with Crippen LogP contribution in [0.5, 0.6) is 0 Å². The number of nitrogens with zero attached hydrogens (tertiary/aromatic N) is 2. The van der Waals surface area contributed by atoms with Gasteiger partial charge in [0.2, 0.25) is 11.8 Å². The quantitative estimate of drug-likeness (QED) is 0.0706. The van der Waals surface area contributed by atoms with E-state index in [1.54, 1.807) is 12.3 Å². The number of benzene rings is 2. The average molecular weight is 830 g/mol. The molecule has 0 aliphatic heterocycles. The van der Waals surface area contributed by atoms with Gasteiger partial charge in [-0.2, -0.15) is 0 Å². The zero-order valence-corrected chi connectivity index (χ0v) is 33.7. The Morgan fingerprint density at radius 3 is 2.24 bits per heavy atom. The highest BCUT2D eigenvalue weighted by Crippen LogP contribution is 2.41. The van der Waals surface area contributed by atoms with Crippen molar-refractivity contribution >= 4 is 47.1 Å². The van der Waals surface area contributed by atoms with Gasteiger partial charge in [-0.25, -0.2) is 8.78 Å². The Hall–Kier alpha value is -4.97. The number of aromatic nitrogens is 1. The normalized spacial score (nSPS) is 13.6. The maximum Gasteiger partial charge on any atom is 0.321 e. The first kappa shape index (κ1) is 47.4. The Labute approximate surface area is 340 Å². The monoisotopic (exact) mass is 829 g/mol. The summed E-state index contributed by atoms with van der Waals surface area (Å²) >= 11 is 0.819. The summed E-state index contributed by atoms with van der Waals surface area (Å²) < 4.78 is 31.2. The second-order valence-electron chi connectivity index (χ2n) is 15.1. The molecule has 0 radical (unpaired) electrons. The highest BCUT2D eigenvalue weighted by atomic mass is 32.2. The fourth-order valence-electron chi connectivity index (χ4n) is 6.40. The van der Waals surface area contributed by atoms with Crippen molar-refractivity contribution < 1.29 is 52.9 Å². The number of ketones is 2. The lowest BCUT2D eigenvalue weighted by Crippen LogP contribution is -2.47. The number of Topliss-reactive ketones (excluding diaryl/α,β-unsaturated/α-hetero) is 2. The van der Waals surface area contributed by atoms with Crippen molar-refractivity contribution in [3.8, 4) is 11.1 Å². The fourth-order valence-corrected chi connectivity index (χ4v) is 7.55. The maximum absolute atomic E-state index is 15.0. The number of rotatable bonds is 24. The molecule has 0 saturated heterocycles. The fraction of sp³-hybridized carbons (Fsp3) is 0.463. The van der Waals surface area contributed by atoms with Crippen LogP contribution in [0.3, 0.4) is 0 Å². The molecule has 1 heterocycles. The first-order valence-corrected chi connectivity index (χ1v) is 19.9. The molecule has 1 aromatic heterocycles. The predicted octanol–water partition coefficient (Wildman–Crippen LogP) is 3.91. The zero-order chi connectivity index (χ0) is 43.2. The molecule has 2 amide bonds. The maximum atomic E-state index is 15.0. The predicted molar refractivity (Wildman–Crippen MR) is 215 cm³/mol. The molecule has 3 aromatic rings. The highest BCUT2D eigenvalue weighted by molar-refractivity contribution is 8.00. The van der Waals surface area contributed by atoms with Crippen molar-refractivity contribution in [2.75, 3.05) is 25.4 Å². The van der Waals surface area contributed by atoms with Crippen LogP contribution in [0, 0.1) is 17.0 Å². The number of carboxylic acids is 2. The van der Waals surface area contributed by atoms with Crippen LogP contribution < -0.4 is 16.8 Å². The van der Waals surface area contributed by atoms with E-state index in [1.807, 2.05) is 55.7 Å². The van der Waals surface area contributed by atoms with Gasteiger partial charge in [-0.15, -0.1) is 11.8 Å². The summed E-state index contributed by atoms with van der Waals surface area (Å²) in [6, 6.07) is 11.2. The molecule has 17 heteroatoms. The lowest BCUT2D eigenvalue weighted by atomic mass is 9.82. The van der Waals surface area contributed by atoms with Gasteiger partial charge in [-0.3, -0.25) is 28.8 Å². The van der Waals surface area contributed by atoms with Gasteiger partial charge in [-0.1, -0.05) is 51.1 Å². The van der Waals surface area contributed by atoms with E-state index >= 15 is 4.39 Å². The number of carbonyl (C=O) groups is 6. The van der Waals surface area contributed by atoms with Crippen molar-refractivity contribution in [2.45, 2.75) is 89.2 Å². The number of hydrogen-bond donors (Lipinski definition) is 6. The Kier molecular flexibility index (Phi) is 18.2. The number of carboxylic acid groups (broad SMARTS) is 2. The summed E-state index contributed by atoms with van der Waals surface area (Å²) in [5.74, 6) is -5.94. The third kappa shape index (κ3) is 14.4. The van der Waals surface area contributed by atoms with Gasteiger partial charge >= 0.3 is 11.9 Å². The van der Waals surface area contributed by atoms with E-state index in [2.05, 4.69) is 5.32 Å². The summed E-state index contributed by atoms with van der Waals surface area (Å²) in [5.41, 5.74) is 13.0. The van der Waals surface area contributed by atoms with Crippen molar-refractivity contribution in [1.82, 2.24) is 14.8 Å². The number of aliphatic carboxylic acids is 2. The molecule has 0 fully saturated rings. The zero-order valence-electron chi connectivity index (χ0n) is 32.9. The number of nitrogens with one attached hydrogen (secondary N) is 1. The Morgan fingerprint density at radius 2 is 1.62 bits per heavy atom.